The molecule has 0 spiro atoms. The summed E-state index contributed by atoms with van der Waals surface area (Å²) >= 11 is 0. The molecule has 2 aliphatic rings. The van der Waals surface area contributed by atoms with Crippen LogP contribution in [0.25, 0.3) is 10.8 Å². The summed E-state index contributed by atoms with van der Waals surface area (Å²) in [6, 6.07) is 17.6. The van der Waals surface area contributed by atoms with Crippen LogP contribution in [0.4, 0.5) is 30.2 Å². The molecule has 0 aromatic heterocycles. The zero-order valence-corrected chi connectivity index (χ0v) is 22.9. The van der Waals surface area contributed by atoms with Crippen molar-refractivity contribution in [2.45, 2.75) is 32.0 Å². The number of amides is 1. The minimum atomic E-state index is -4.82. The van der Waals surface area contributed by atoms with Gasteiger partial charge in [-0.3, -0.25) is 19.8 Å². The number of piperazine rings is 1. The van der Waals surface area contributed by atoms with E-state index in [0.29, 0.717) is 32.5 Å². The number of fused-ring (bicyclic) bond motifs is 1. The maximum Gasteiger partial charge on any atom is 0.423 e. The van der Waals surface area contributed by atoms with Gasteiger partial charge in [0.25, 0.3) is 5.69 Å². The third-order valence-electron chi connectivity index (χ3n) is 8.11. The van der Waals surface area contributed by atoms with Gasteiger partial charge in [-0.15, -0.1) is 0 Å². The van der Waals surface area contributed by atoms with E-state index in [1.807, 2.05) is 17.9 Å². The molecule has 3 aromatic carbocycles. The van der Waals surface area contributed by atoms with E-state index in [4.69, 9.17) is 0 Å². The maximum absolute atomic E-state index is 13.3. The molecule has 41 heavy (non-hydrogen) atoms. The normalized spacial score (nSPS) is 18.0. The summed E-state index contributed by atoms with van der Waals surface area (Å²) in [6.45, 7) is 7.20. The van der Waals surface area contributed by atoms with Gasteiger partial charge in [-0.25, -0.2) is 0 Å². The highest BCUT2D eigenvalue weighted by Gasteiger charge is 2.38. The highest BCUT2D eigenvalue weighted by Crippen LogP contribution is 2.38. The molecular formula is C30H34F3N5O3. The Morgan fingerprint density at radius 1 is 1.00 bits per heavy atom. The molecule has 0 radical (unpaired) electrons. The summed E-state index contributed by atoms with van der Waals surface area (Å²) in [5, 5.41) is 16.6. The van der Waals surface area contributed by atoms with E-state index in [1.54, 1.807) is 0 Å². The average molecular weight is 570 g/mol. The van der Waals surface area contributed by atoms with Crippen molar-refractivity contribution in [2.75, 3.05) is 56.0 Å². The number of hydrogen-bond donors (Lipinski definition) is 1. The van der Waals surface area contributed by atoms with Gasteiger partial charge in [0.15, 0.2) is 0 Å². The summed E-state index contributed by atoms with van der Waals surface area (Å²) in [7, 11) is 0. The first kappa shape index (κ1) is 28.7. The van der Waals surface area contributed by atoms with Gasteiger partial charge in [0, 0.05) is 80.6 Å². The van der Waals surface area contributed by atoms with Crippen molar-refractivity contribution in [3.8, 4) is 0 Å². The van der Waals surface area contributed by atoms with Gasteiger partial charge in [-0.1, -0.05) is 43.3 Å². The Hall–Kier alpha value is -3.86. The van der Waals surface area contributed by atoms with E-state index in [9.17, 15) is 28.1 Å². The number of carbonyl (C=O) groups is 1. The Kier molecular flexibility index (Phi) is 8.35. The molecular weight excluding hydrogens is 535 g/mol. The fourth-order valence-electron chi connectivity index (χ4n) is 5.92. The number of benzene rings is 3. The van der Waals surface area contributed by atoms with Gasteiger partial charge >= 0.3 is 6.18 Å². The monoisotopic (exact) mass is 569 g/mol. The lowest BCUT2D eigenvalue weighted by Crippen LogP contribution is -2.50. The molecule has 218 valence electrons. The largest absolute Gasteiger partial charge is 0.423 e. The van der Waals surface area contributed by atoms with E-state index >= 15 is 0 Å². The fourth-order valence-corrected chi connectivity index (χ4v) is 5.92. The molecule has 2 saturated heterocycles. The molecule has 0 bridgehead atoms. The van der Waals surface area contributed by atoms with Crippen molar-refractivity contribution >= 4 is 33.7 Å². The minimum Gasteiger partial charge on any atom is -0.382 e. The number of nitro groups is 1. The standard InChI is InChI=1S/C30H34F3N5O3/c1-21(20-35-15-17-36(18-16-35)27-8-4-6-22-5-2-3-7-25(22)27)29(39)37-13-11-23(12-14-37)34-24-9-10-28(38(40)41)26(19-24)30(31,32)33/h2-10,19,21,23,34H,11-18,20H2,1H3. The van der Waals surface area contributed by atoms with Gasteiger partial charge in [0.2, 0.25) is 5.91 Å². The molecule has 8 nitrogen and oxygen atoms in total. The van der Waals surface area contributed by atoms with Crippen LogP contribution >= 0.6 is 0 Å². The van der Waals surface area contributed by atoms with Crippen LogP contribution in [0.3, 0.4) is 0 Å². The van der Waals surface area contributed by atoms with Gasteiger partial charge in [0.05, 0.1) is 4.92 Å². The third kappa shape index (κ3) is 6.56. The first-order chi connectivity index (χ1) is 19.6. The average Bonchev–Trinajstić information content (AvgIpc) is 2.97. The molecule has 0 aliphatic carbocycles. The SMILES string of the molecule is CC(CN1CCN(c2cccc3ccccc23)CC1)C(=O)N1CCC(Nc2ccc([N+](=O)[O-])c(C(F)(F)F)c2)CC1. The number of halogens is 3. The topological polar surface area (TPSA) is 82.0 Å². The number of rotatable bonds is 7. The number of anilines is 2. The lowest BCUT2D eigenvalue weighted by atomic mass is 10.0. The van der Waals surface area contributed by atoms with Crippen molar-refractivity contribution in [2.24, 2.45) is 5.92 Å². The van der Waals surface area contributed by atoms with Gasteiger partial charge in [0.1, 0.15) is 5.56 Å². The molecule has 1 amide bonds. The number of carbonyl (C=O) groups excluding carboxylic acids is 1. The number of piperidine rings is 1. The van der Waals surface area contributed by atoms with Crippen molar-refractivity contribution < 1.29 is 22.9 Å². The fraction of sp³-hybridized carbons (Fsp3) is 0.433. The van der Waals surface area contributed by atoms with Crippen LogP contribution in [-0.4, -0.2) is 72.5 Å². The first-order valence-electron chi connectivity index (χ1n) is 14.0. The number of nitrogens with one attached hydrogen (secondary N) is 1. The second-order valence-corrected chi connectivity index (χ2v) is 10.9. The van der Waals surface area contributed by atoms with Crippen LogP contribution < -0.4 is 10.2 Å². The predicted molar refractivity (Wildman–Crippen MR) is 153 cm³/mol. The van der Waals surface area contributed by atoms with Crippen molar-refractivity contribution in [1.29, 1.82) is 0 Å². The van der Waals surface area contributed by atoms with Gasteiger partial charge < -0.3 is 15.1 Å². The van der Waals surface area contributed by atoms with Crippen LogP contribution in [-0.2, 0) is 11.0 Å². The summed E-state index contributed by atoms with van der Waals surface area (Å²) in [6.07, 6.45) is -3.66. The summed E-state index contributed by atoms with van der Waals surface area (Å²) in [4.78, 5) is 29.8. The quantitative estimate of drug-likeness (QED) is 0.294. The van der Waals surface area contributed by atoms with E-state index in [0.717, 1.165) is 38.3 Å². The zero-order valence-electron chi connectivity index (χ0n) is 22.9. The zero-order chi connectivity index (χ0) is 29.1. The molecule has 11 heteroatoms. The molecule has 2 aliphatic heterocycles. The highest BCUT2D eigenvalue weighted by atomic mass is 19.4. The Balaban J connectivity index is 1.10. The summed E-state index contributed by atoms with van der Waals surface area (Å²) in [5.41, 5.74) is -0.810. The second kappa shape index (κ2) is 11.9. The van der Waals surface area contributed by atoms with E-state index < -0.39 is 22.4 Å². The predicted octanol–water partition coefficient (Wildman–Crippen LogP) is 5.63. The number of nitro benzene ring substituents is 1. The Labute approximate surface area is 236 Å². The molecule has 2 heterocycles. The van der Waals surface area contributed by atoms with Crippen LogP contribution in [0, 0.1) is 16.0 Å². The molecule has 1 atom stereocenters. The molecule has 5 rings (SSSR count). The van der Waals surface area contributed by atoms with Gasteiger partial charge in [-0.2, -0.15) is 13.2 Å². The van der Waals surface area contributed by atoms with E-state index in [1.165, 1.54) is 22.5 Å². The number of alkyl halides is 3. The summed E-state index contributed by atoms with van der Waals surface area (Å²) < 4.78 is 40.0. The van der Waals surface area contributed by atoms with Crippen LogP contribution in [0.15, 0.2) is 60.7 Å². The highest BCUT2D eigenvalue weighted by molar-refractivity contribution is 5.94. The molecule has 1 N–H and O–H groups in total. The molecule has 2 fully saturated rings. The number of hydrogen-bond acceptors (Lipinski definition) is 6. The number of likely N-dealkylation sites (tertiary alicyclic amines) is 1. The lowest BCUT2D eigenvalue weighted by molar-refractivity contribution is -0.388. The van der Waals surface area contributed by atoms with Crippen molar-refractivity contribution in [1.82, 2.24) is 9.80 Å². The molecule has 0 saturated carbocycles. The Morgan fingerprint density at radius 2 is 1.68 bits per heavy atom. The Bertz CT molecular complexity index is 1390. The molecule has 1 unspecified atom stereocenters. The maximum atomic E-state index is 13.3. The van der Waals surface area contributed by atoms with Crippen LogP contribution in [0.1, 0.15) is 25.3 Å². The Morgan fingerprint density at radius 3 is 2.37 bits per heavy atom. The van der Waals surface area contributed by atoms with Crippen molar-refractivity contribution in [3.05, 3.63) is 76.3 Å². The second-order valence-electron chi connectivity index (χ2n) is 10.9. The molecule has 3 aromatic rings. The summed E-state index contributed by atoms with van der Waals surface area (Å²) in [5.74, 6) is -0.0674. The van der Waals surface area contributed by atoms with Crippen molar-refractivity contribution in [3.63, 3.8) is 0 Å². The lowest BCUT2D eigenvalue weighted by Gasteiger charge is -2.39. The first-order valence-corrected chi connectivity index (χ1v) is 14.0. The third-order valence-corrected chi connectivity index (χ3v) is 8.11. The van der Waals surface area contributed by atoms with E-state index in [-0.39, 0.29) is 23.6 Å². The number of nitrogens with zero attached hydrogens (tertiary/aromatic N) is 4. The van der Waals surface area contributed by atoms with Gasteiger partial charge in [-0.05, 0) is 36.4 Å². The van der Waals surface area contributed by atoms with Crippen LogP contribution in [0.2, 0.25) is 0 Å². The minimum absolute atomic E-state index is 0.0922. The van der Waals surface area contributed by atoms with E-state index in [2.05, 4.69) is 51.5 Å². The van der Waals surface area contributed by atoms with Crippen LogP contribution in [0.5, 0.6) is 0 Å². The smallest absolute Gasteiger partial charge is 0.382 e.